The molecule has 0 bridgehead atoms. The molecule has 1 N–H and O–H groups in total. The van der Waals surface area contributed by atoms with Crippen LogP contribution >= 0.6 is 11.3 Å². The van der Waals surface area contributed by atoms with Crippen LogP contribution in [-0.2, 0) is 11.8 Å². The zero-order valence-electron chi connectivity index (χ0n) is 15.7. The van der Waals surface area contributed by atoms with E-state index in [-0.39, 0.29) is 11.3 Å². The van der Waals surface area contributed by atoms with Crippen LogP contribution in [0.1, 0.15) is 41.7 Å². The van der Waals surface area contributed by atoms with E-state index in [1.165, 1.54) is 16.9 Å². The summed E-state index contributed by atoms with van der Waals surface area (Å²) < 4.78 is 5.66. The number of benzene rings is 2. The van der Waals surface area contributed by atoms with Crippen LogP contribution in [0.3, 0.4) is 0 Å². The molecule has 0 aliphatic rings. The first kappa shape index (κ1) is 19.0. The lowest BCUT2D eigenvalue weighted by molar-refractivity contribution is 0.102. The number of amides is 1. The van der Waals surface area contributed by atoms with Gasteiger partial charge in [-0.2, -0.15) is 0 Å². The molecule has 3 aromatic rings. The first-order chi connectivity index (χ1) is 12.9. The Labute approximate surface area is 163 Å². The molecule has 6 heteroatoms. The predicted molar refractivity (Wildman–Crippen MR) is 109 cm³/mol. The molecular weight excluding hydrogens is 358 g/mol. The summed E-state index contributed by atoms with van der Waals surface area (Å²) in [5.74, 6) is 0.646. The first-order valence-electron chi connectivity index (χ1n) is 8.84. The third-order valence-corrected chi connectivity index (χ3v) is 4.93. The number of carbonyl (C=O) groups excluding carboxylic acids is 1. The second kappa shape index (κ2) is 8.31. The van der Waals surface area contributed by atoms with Crippen molar-refractivity contribution >= 4 is 22.4 Å². The maximum atomic E-state index is 12.4. The SMILES string of the molecule is CC(C)(C)c1ccc(C(=O)Nc2nnc(CCOc3ccccc3)s2)cc1. The number of ether oxygens (including phenoxy) is 1. The molecule has 1 amide bonds. The van der Waals surface area contributed by atoms with E-state index < -0.39 is 0 Å². The highest BCUT2D eigenvalue weighted by molar-refractivity contribution is 7.15. The van der Waals surface area contributed by atoms with Gasteiger partial charge in [0.25, 0.3) is 5.91 Å². The summed E-state index contributed by atoms with van der Waals surface area (Å²) in [5.41, 5.74) is 1.85. The third kappa shape index (κ3) is 5.37. The normalized spacial score (nSPS) is 11.2. The van der Waals surface area contributed by atoms with Crippen molar-refractivity contribution in [2.75, 3.05) is 11.9 Å². The van der Waals surface area contributed by atoms with Crippen molar-refractivity contribution in [1.82, 2.24) is 10.2 Å². The Hall–Kier alpha value is -2.73. The Bertz CT molecular complexity index is 884. The molecule has 0 saturated heterocycles. The molecular formula is C21H23N3O2S. The minimum atomic E-state index is -0.182. The van der Waals surface area contributed by atoms with Gasteiger partial charge in [0, 0.05) is 12.0 Å². The van der Waals surface area contributed by atoms with Gasteiger partial charge in [-0.05, 0) is 35.2 Å². The Morgan fingerprint density at radius 3 is 2.41 bits per heavy atom. The van der Waals surface area contributed by atoms with Crippen LogP contribution in [0.25, 0.3) is 0 Å². The Balaban J connectivity index is 1.53. The molecule has 5 nitrogen and oxygen atoms in total. The standard InChI is InChI=1S/C21H23N3O2S/c1-21(2,3)16-11-9-15(10-12-16)19(25)22-20-24-23-18(27-20)13-14-26-17-7-5-4-6-8-17/h4-12H,13-14H2,1-3H3,(H,22,24,25). The summed E-state index contributed by atoms with van der Waals surface area (Å²) in [5, 5.41) is 12.3. The van der Waals surface area contributed by atoms with Crippen molar-refractivity contribution < 1.29 is 9.53 Å². The fraction of sp³-hybridized carbons (Fsp3) is 0.286. The molecule has 0 saturated carbocycles. The van der Waals surface area contributed by atoms with Crippen molar-refractivity contribution in [2.45, 2.75) is 32.6 Å². The maximum Gasteiger partial charge on any atom is 0.257 e. The van der Waals surface area contributed by atoms with Crippen molar-refractivity contribution in [3.63, 3.8) is 0 Å². The molecule has 0 radical (unpaired) electrons. The quantitative estimate of drug-likeness (QED) is 0.672. The topological polar surface area (TPSA) is 64.1 Å². The van der Waals surface area contributed by atoms with E-state index in [9.17, 15) is 4.79 Å². The van der Waals surface area contributed by atoms with Gasteiger partial charge in [-0.3, -0.25) is 10.1 Å². The van der Waals surface area contributed by atoms with E-state index in [4.69, 9.17) is 4.74 Å². The van der Waals surface area contributed by atoms with Gasteiger partial charge in [0.1, 0.15) is 10.8 Å². The largest absolute Gasteiger partial charge is 0.493 e. The number of aromatic nitrogens is 2. The molecule has 3 rings (SSSR count). The molecule has 140 valence electrons. The van der Waals surface area contributed by atoms with Crippen molar-refractivity contribution in [1.29, 1.82) is 0 Å². The zero-order chi connectivity index (χ0) is 19.3. The highest BCUT2D eigenvalue weighted by atomic mass is 32.1. The highest BCUT2D eigenvalue weighted by Gasteiger charge is 2.15. The average Bonchev–Trinajstić information content (AvgIpc) is 3.09. The van der Waals surface area contributed by atoms with Gasteiger partial charge in [-0.25, -0.2) is 0 Å². The molecule has 0 fully saturated rings. The summed E-state index contributed by atoms with van der Waals surface area (Å²) in [4.78, 5) is 12.4. The molecule has 0 unspecified atom stereocenters. The number of nitrogens with one attached hydrogen (secondary N) is 1. The molecule has 1 heterocycles. The number of hydrogen-bond acceptors (Lipinski definition) is 5. The number of rotatable bonds is 6. The lowest BCUT2D eigenvalue weighted by atomic mass is 9.87. The smallest absolute Gasteiger partial charge is 0.257 e. The van der Waals surface area contributed by atoms with Gasteiger partial charge in [0.15, 0.2) is 0 Å². The van der Waals surface area contributed by atoms with Crippen LogP contribution in [0.15, 0.2) is 54.6 Å². The summed E-state index contributed by atoms with van der Waals surface area (Å²) in [6.45, 7) is 6.95. The van der Waals surface area contributed by atoms with Gasteiger partial charge < -0.3 is 4.74 Å². The number of anilines is 1. The van der Waals surface area contributed by atoms with E-state index in [1.807, 2.05) is 54.6 Å². The molecule has 0 atom stereocenters. The number of para-hydroxylation sites is 1. The van der Waals surface area contributed by atoms with E-state index in [1.54, 1.807) is 0 Å². The molecule has 0 aliphatic heterocycles. The second-order valence-corrected chi connectivity index (χ2v) is 8.26. The van der Waals surface area contributed by atoms with Gasteiger partial charge in [0.05, 0.1) is 6.61 Å². The van der Waals surface area contributed by atoms with Crippen molar-refractivity contribution in [3.8, 4) is 5.75 Å². The van der Waals surface area contributed by atoms with Crippen LogP contribution in [0, 0.1) is 0 Å². The molecule has 0 aliphatic carbocycles. The average molecular weight is 382 g/mol. The summed E-state index contributed by atoms with van der Waals surface area (Å²) in [6.07, 6.45) is 0.642. The fourth-order valence-electron chi connectivity index (χ4n) is 2.47. The fourth-order valence-corrected chi connectivity index (χ4v) is 3.18. The van der Waals surface area contributed by atoms with Gasteiger partial charge in [-0.1, -0.05) is 62.4 Å². The van der Waals surface area contributed by atoms with E-state index >= 15 is 0 Å². The molecule has 1 aromatic heterocycles. The van der Waals surface area contributed by atoms with Crippen molar-refractivity contribution in [3.05, 3.63) is 70.7 Å². The van der Waals surface area contributed by atoms with E-state index in [0.29, 0.717) is 23.7 Å². The Morgan fingerprint density at radius 2 is 1.74 bits per heavy atom. The first-order valence-corrected chi connectivity index (χ1v) is 9.65. The van der Waals surface area contributed by atoms with Crippen LogP contribution in [-0.4, -0.2) is 22.7 Å². The molecule has 0 spiro atoms. The minimum Gasteiger partial charge on any atom is -0.493 e. The van der Waals surface area contributed by atoms with Crippen LogP contribution < -0.4 is 10.1 Å². The summed E-state index contributed by atoms with van der Waals surface area (Å²) in [6, 6.07) is 17.3. The van der Waals surface area contributed by atoms with Gasteiger partial charge >= 0.3 is 0 Å². The number of hydrogen-bond donors (Lipinski definition) is 1. The van der Waals surface area contributed by atoms with E-state index in [0.717, 1.165) is 10.8 Å². The molecule has 2 aromatic carbocycles. The van der Waals surface area contributed by atoms with Crippen LogP contribution in [0.5, 0.6) is 5.75 Å². The monoisotopic (exact) mass is 381 g/mol. The van der Waals surface area contributed by atoms with Crippen LogP contribution in [0.4, 0.5) is 5.13 Å². The summed E-state index contributed by atoms with van der Waals surface area (Å²) in [7, 11) is 0. The third-order valence-electron chi connectivity index (χ3n) is 4.03. The van der Waals surface area contributed by atoms with E-state index in [2.05, 4.69) is 36.3 Å². The zero-order valence-corrected chi connectivity index (χ0v) is 16.5. The lowest BCUT2D eigenvalue weighted by Gasteiger charge is -2.18. The van der Waals surface area contributed by atoms with Crippen molar-refractivity contribution in [2.24, 2.45) is 0 Å². The maximum absolute atomic E-state index is 12.4. The molecule has 27 heavy (non-hydrogen) atoms. The Morgan fingerprint density at radius 1 is 1.04 bits per heavy atom. The number of nitrogens with zero attached hydrogens (tertiary/aromatic N) is 2. The van der Waals surface area contributed by atoms with Gasteiger partial charge in [-0.15, -0.1) is 10.2 Å². The number of carbonyl (C=O) groups is 1. The minimum absolute atomic E-state index is 0.0605. The highest BCUT2D eigenvalue weighted by Crippen LogP contribution is 2.23. The Kier molecular flexibility index (Phi) is 5.86. The summed E-state index contributed by atoms with van der Waals surface area (Å²) >= 11 is 1.36. The van der Waals surface area contributed by atoms with Crippen LogP contribution in [0.2, 0.25) is 0 Å². The van der Waals surface area contributed by atoms with Gasteiger partial charge in [0.2, 0.25) is 5.13 Å². The predicted octanol–water partition coefficient (Wildman–Crippen LogP) is 4.71. The lowest BCUT2D eigenvalue weighted by Crippen LogP contribution is -2.14. The second-order valence-electron chi connectivity index (χ2n) is 7.19.